The van der Waals surface area contributed by atoms with Gasteiger partial charge in [-0.3, -0.25) is 19.4 Å². The van der Waals surface area contributed by atoms with Crippen molar-refractivity contribution in [2.75, 3.05) is 23.8 Å². The number of hydrogen-bond acceptors (Lipinski definition) is 8. The number of carboxylic acid groups (broad SMARTS) is 2. The maximum absolute atomic E-state index is 12.9. The van der Waals surface area contributed by atoms with Crippen LogP contribution in [-0.2, 0) is 9.59 Å². The second kappa shape index (κ2) is 10.3. The SMILES string of the molecule is Nc1nc(N)c(SCCN(C(=O)c2ccccc2)[C@@H](CCC(=O)O)C(=O)O)c(=O)[nH]1. The van der Waals surface area contributed by atoms with Crippen molar-refractivity contribution >= 4 is 41.4 Å². The van der Waals surface area contributed by atoms with E-state index >= 15 is 0 Å². The number of nitrogens with zero attached hydrogens (tertiary/aromatic N) is 2. The number of anilines is 2. The highest BCUT2D eigenvalue weighted by molar-refractivity contribution is 7.99. The molecule has 12 heteroatoms. The normalized spacial score (nSPS) is 11.6. The van der Waals surface area contributed by atoms with Gasteiger partial charge in [-0.1, -0.05) is 18.2 Å². The van der Waals surface area contributed by atoms with Crippen LogP contribution in [0.4, 0.5) is 11.8 Å². The average molecular weight is 435 g/mol. The molecule has 7 N–H and O–H groups in total. The number of benzene rings is 1. The van der Waals surface area contributed by atoms with E-state index < -0.39 is 35.9 Å². The Morgan fingerprint density at radius 1 is 1.17 bits per heavy atom. The molecule has 1 aromatic carbocycles. The first kappa shape index (κ1) is 22.7. The number of carbonyl (C=O) groups is 3. The van der Waals surface area contributed by atoms with Crippen molar-refractivity contribution in [2.24, 2.45) is 0 Å². The number of nitrogens with one attached hydrogen (secondary N) is 1. The fraction of sp³-hybridized carbons (Fsp3) is 0.278. The van der Waals surface area contributed by atoms with E-state index in [1.165, 1.54) is 12.1 Å². The molecule has 2 aromatic rings. The molecular weight excluding hydrogens is 414 g/mol. The van der Waals surface area contributed by atoms with Crippen molar-refractivity contribution in [3.8, 4) is 0 Å². The van der Waals surface area contributed by atoms with Gasteiger partial charge in [0, 0.05) is 24.3 Å². The van der Waals surface area contributed by atoms with E-state index in [9.17, 15) is 24.3 Å². The third-order valence-corrected chi connectivity index (χ3v) is 5.14. The molecule has 30 heavy (non-hydrogen) atoms. The van der Waals surface area contributed by atoms with Crippen molar-refractivity contribution in [2.45, 2.75) is 23.8 Å². The maximum Gasteiger partial charge on any atom is 0.326 e. The van der Waals surface area contributed by atoms with Gasteiger partial charge in [-0.2, -0.15) is 4.98 Å². The first-order chi connectivity index (χ1) is 14.2. The summed E-state index contributed by atoms with van der Waals surface area (Å²) in [6, 6.07) is 6.69. The fourth-order valence-corrected chi connectivity index (χ4v) is 3.57. The lowest BCUT2D eigenvalue weighted by Gasteiger charge is -2.29. The van der Waals surface area contributed by atoms with Crippen molar-refractivity contribution in [1.82, 2.24) is 14.9 Å². The van der Waals surface area contributed by atoms with E-state index in [1.807, 2.05) is 0 Å². The largest absolute Gasteiger partial charge is 0.481 e. The maximum atomic E-state index is 12.9. The van der Waals surface area contributed by atoms with Crippen LogP contribution in [0.2, 0.25) is 0 Å². The second-order valence-electron chi connectivity index (χ2n) is 6.17. The molecule has 0 saturated heterocycles. The van der Waals surface area contributed by atoms with Crippen LogP contribution >= 0.6 is 11.8 Å². The molecule has 0 radical (unpaired) electrons. The van der Waals surface area contributed by atoms with Crippen LogP contribution in [0, 0.1) is 0 Å². The number of nitrogen functional groups attached to an aromatic ring is 2. The minimum absolute atomic E-state index is 0.0712. The van der Waals surface area contributed by atoms with Gasteiger partial charge in [0.2, 0.25) is 5.95 Å². The third kappa shape index (κ3) is 5.98. The van der Waals surface area contributed by atoms with Crippen LogP contribution in [-0.4, -0.2) is 61.3 Å². The summed E-state index contributed by atoms with van der Waals surface area (Å²) < 4.78 is 0. The van der Waals surface area contributed by atoms with Crippen molar-refractivity contribution in [3.63, 3.8) is 0 Å². The van der Waals surface area contributed by atoms with Gasteiger partial charge in [0.25, 0.3) is 11.5 Å². The minimum atomic E-state index is -1.35. The first-order valence-corrected chi connectivity index (χ1v) is 9.78. The summed E-state index contributed by atoms with van der Waals surface area (Å²) in [5, 5.41) is 18.5. The molecule has 0 aliphatic heterocycles. The van der Waals surface area contributed by atoms with Crippen LogP contribution in [0.5, 0.6) is 0 Å². The lowest BCUT2D eigenvalue weighted by atomic mass is 10.1. The van der Waals surface area contributed by atoms with Crippen LogP contribution in [0.1, 0.15) is 23.2 Å². The summed E-state index contributed by atoms with van der Waals surface area (Å²) >= 11 is 0.987. The summed E-state index contributed by atoms with van der Waals surface area (Å²) in [7, 11) is 0. The van der Waals surface area contributed by atoms with Gasteiger partial charge in [-0.05, 0) is 18.6 Å². The van der Waals surface area contributed by atoms with E-state index in [0.29, 0.717) is 0 Å². The fourth-order valence-electron chi connectivity index (χ4n) is 2.70. The summed E-state index contributed by atoms with van der Waals surface area (Å²) in [6.45, 7) is -0.0712. The third-order valence-electron chi connectivity index (χ3n) is 4.07. The highest BCUT2D eigenvalue weighted by atomic mass is 32.2. The predicted molar refractivity (Wildman–Crippen MR) is 110 cm³/mol. The lowest BCUT2D eigenvalue weighted by Crippen LogP contribution is -2.46. The molecule has 0 aliphatic rings. The van der Waals surface area contributed by atoms with Gasteiger partial charge in [-0.25, -0.2) is 4.79 Å². The van der Waals surface area contributed by atoms with Crippen LogP contribution in [0.15, 0.2) is 40.0 Å². The zero-order chi connectivity index (χ0) is 22.3. The van der Waals surface area contributed by atoms with Crippen LogP contribution in [0.25, 0.3) is 0 Å². The molecule has 160 valence electrons. The topological polar surface area (TPSA) is 193 Å². The van der Waals surface area contributed by atoms with E-state index in [4.69, 9.17) is 16.6 Å². The van der Waals surface area contributed by atoms with Gasteiger partial charge in [0.1, 0.15) is 16.8 Å². The van der Waals surface area contributed by atoms with E-state index in [-0.39, 0.29) is 40.9 Å². The Kier molecular flexibility index (Phi) is 7.81. The standard InChI is InChI=1S/C18H21N5O6S/c19-14-13(15(26)22-18(20)21-14)30-9-8-23(11(17(28)29)6-7-12(24)25)16(27)10-4-2-1-3-5-10/h1-5,11H,6-9H2,(H,24,25)(H,28,29)(H5,19,20,21,22,26)/t11-/m0/s1. The van der Waals surface area contributed by atoms with Gasteiger partial charge in [0.05, 0.1) is 0 Å². The Hall–Kier alpha value is -3.54. The molecule has 1 amide bonds. The second-order valence-corrected chi connectivity index (χ2v) is 7.27. The van der Waals surface area contributed by atoms with E-state index in [1.54, 1.807) is 18.2 Å². The molecule has 11 nitrogen and oxygen atoms in total. The molecule has 0 saturated carbocycles. The molecule has 1 heterocycles. The number of hydrogen-bond donors (Lipinski definition) is 5. The Morgan fingerprint density at radius 3 is 2.40 bits per heavy atom. The minimum Gasteiger partial charge on any atom is -0.481 e. The van der Waals surface area contributed by atoms with E-state index in [0.717, 1.165) is 16.7 Å². The molecule has 0 aliphatic carbocycles. The molecule has 1 atom stereocenters. The average Bonchev–Trinajstić information content (AvgIpc) is 2.68. The Labute approximate surface area is 175 Å². The number of rotatable bonds is 10. The quantitative estimate of drug-likeness (QED) is 0.328. The summed E-state index contributed by atoms with van der Waals surface area (Å²) in [5.41, 5.74) is 10.8. The first-order valence-electron chi connectivity index (χ1n) is 8.79. The van der Waals surface area contributed by atoms with E-state index in [2.05, 4.69) is 9.97 Å². The number of nitrogens with two attached hydrogens (primary N) is 2. The number of thioether (sulfide) groups is 1. The van der Waals surface area contributed by atoms with Crippen LogP contribution in [0.3, 0.4) is 0 Å². The van der Waals surface area contributed by atoms with Gasteiger partial charge in [0.15, 0.2) is 0 Å². The molecule has 0 bridgehead atoms. The molecule has 1 aromatic heterocycles. The number of aromatic nitrogens is 2. The number of aliphatic carboxylic acids is 2. The number of amides is 1. The lowest BCUT2D eigenvalue weighted by molar-refractivity contribution is -0.143. The van der Waals surface area contributed by atoms with Crippen LogP contribution < -0.4 is 17.0 Å². The zero-order valence-corrected chi connectivity index (χ0v) is 16.6. The smallest absolute Gasteiger partial charge is 0.326 e. The van der Waals surface area contributed by atoms with Gasteiger partial charge >= 0.3 is 11.9 Å². The molecular formula is C18H21N5O6S. The summed E-state index contributed by atoms with van der Waals surface area (Å²) in [4.78, 5) is 54.9. The Morgan fingerprint density at radius 2 is 1.83 bits per heavy atom. The zero-order valence-electron chi connectivity index (χ0n) is 15.8. The summed E-state index contributed by atoms with van der Waals surface area (Å²) in [5.74, 6) is -3.16. The molecule has 2 rings (SSSR count). The molecule has 0 spiro atoms. The summed E-state index contributed by atoms with van der Waals surface area (Å²) in [6.07, 6.45) is -0.683. The molecule has 0 unspecified atom stereocenters. The highest BCUT2D eigenvalue weighted by Gasteiger charge is 2.30. The Bertz CT molecular complexity index is 981. The monoisotopic (exact) mass is 435 g/mol. The van der Waals surface area contributed by atoms with Crippen molar-refractivity contribution in [3.05, 3.63) is 46.2 Å². The van der Waals surface area contributed by atoms with Crippen molar-refractivity contribution in [1.29, 1.82) is 0 Å². The highest BCUT2D eigenvalue weighted by Crippen LogP contribution is 2.21. The number of aromatic amines is 1. The van der Waals surface area contributed by atoms with Gasteiger partial charge in [-0.15, -0.1) is 11.8 Å². The number of H-pyrrole nitrogens is 1. The predicted octanol–water partition coefficient (Wildman–Crippen LogP) is 0.487. The van der Waals surface area contributed by atoms with Gasteiger partial charge < -0.3 is 26.6 Å². The molecule has 0 fully saturated rings. The van der Waals surface area contributed by atoms with Crippen molar-refractivity contribution < 1.29 is 24.6 Å². The Balaban J connectivity index is 2.24. The number of carbonyl (C=O) groups excluding carboxylic acids is 1. The number of carboxylic acids is 2.